The van der Waals surface area contributed by atoms with Crippen molar-refractivity contribution in [1.82, 2.24) is 10.6 Å². The van der Waals surface area contributed by atoms with Crippen LogP contribution in [0.15, 0.2) is 30.3 Å². The molecule has 1 aromatic carbocycles. The quantitative estimate of drug-likeness (QED) is 0.885. The second-order valence-electron chi connectivity index (χ2n) is 9.29. The highest BCUT2D eigenvalue weighted by Crippen LogP contribution is 2.70. The Morgan fingerprint density at radius 1 is 1.12 bits per heavy atom. The molecular formula is C22H30N2O. The van der Waals surface area contributed by atoms with Gasteiger partial charge in [-0.3, -0.25) is 4.79 Å². The maximum Gasteiger partial charge on any atom is 0.226 e. The smallest absolute Gasteiger partial charge is 0.226 e. The van der Waals surface area contributed by atoms with Crippen molar-refractivity contribution >= 4 is 5.91 Å². The monoisotopic (exact) mass is 338 g/mol. The van der Waals surface area contributed by atoms with Crippen molar-refractivity contribution < 1.29 is 4.79 Å². The topological polar surface area (TPSA) is 41.1 Å². The summed E-state index contributed by atoms with van der Waals surface area (Å²) in [5.74, 6) is 2.42. The van der Waals surface area contributed by atoms with Crippen molar-refractivity contribution in [1.29, 1.82) is 0 Å². The van der Waals surface area contributed by atoms with Gasteiger partial charge in [-0.1, -0.05) is 30.3 Å². The molecule has 5 fully saturated rings. The first-order chi connectivity index (χ1) is 12.2. The van der Waals surface area contributed by atoms with E-state index in [1.165, 1.54) is 37.7 Å². The van der Waals surface area contributed by atoms with Crippen molar-refractivity contribution in [2.45, 2.75) is 50.4 Å². The van der Waals surface area contributed by atoms with E-state index in [1.54, 1.807) is 0 Å². The molecule has 4 aliphatic carbocycles. The molecule has 3 nitrogen and oxygen atoms in total. The van der Waals surface area contributed by atoms with Gasteiger partial charge in [-0.2, -0.15) is 0 Å². The molecule has 6 rings (SSSR count). The van der Waals surface area contributed by atoms with Crippen molar-refractivity contribution in [2.24, 2.45) is 23.2 Å². The van der Waals surface area contributed by atoms with Gasteiger partial charge in [0, 0.05) is 6.54 Å². The van der Waals surface area contributed by atoms with Crippen LogP contribution in [0.4, 0.5) is 0 Å². The number of carbonyl (C=O) groups is 1. The molecule has 0 spiro atoms. The van der Waals surface area contributed by atoms with Crippen LogP contribution in [0.5, 0.6) is 0 Å². The molecule has 4 bridgehead atoms. The largest absolute Gasteiger partial charge is 0.355 e. The van der Waals surface area contributed by atoms with Crippen LogP contribution in [0, 0.1) is 23.2 Å². The van der Waals surface area contributed by atoms with Crippen molar-refractivity contribution in [3.8, 4) is 0 Å². The van der Waals surface area contributed by atoms with Gasteiger partial charge in [0.05, 0.1) is 5.41 Å². The normalized spacial score (nSPS) is 39.7. The summed E-state index contributed by atoms with van der Waals surface area (Å²) in [4.78, 5) is 13.3. The van der Waals surface area contributed by atoms with Gasteiger partial charge in [0.25, 0.3) is 0 Å². The molecule has 5 aliphatic rings. The minimum Gasteiger partial charge on any atom is -0.355 e. The second-order valence-corrected chi connectivity index (χ2v) is 9.29. The zero-order valence-electron chi connectivity index (χ0n) is 15.1. The van der Waals surface area contributed by atoms with E-state index in [1.807, 2.05) is 0 Å². The van der Waals surface area contributed by atoms with Gasteiger partial charge in [-0.15, -0.1) is 0 Å². The average molecular weight is 338 g/mol. The maximum atomic E-state index is 13.3. The van der Waals surface area contributed by atoms with E-state index < -0.39 is 0 Å². The number of amides is 1. The molecule has 134 valence electrons. The van der Waals surface area contributed by atoms with Gasteiger partial charge >= 0.3 is 0 Å². The standard InChI is InChI=1S/C22H30N2O/c25-20(24-14-16-6-8-23-9-7-16)22-12-17-10-19(22)13-21(11-17,15-22)18-4-2-1-3-5-18/h1-5,16-17,19,23H,6-15H2,(H,24,25). The van der Waals surface area contributed by atoms with Gasteiger partial charge in [-0.05, 0) is 86.8 Å². The third-order valence-electron chi connectivity index (χ3n) is 7.87. The molecule has 4 saturated carbocycles. The number of rotatable bonds is 4. The lowest BCUT2D eigenvalue weighted by Crippen LogP contribution is -2.46. The van der Waals surface area contributed by atoms with Crippen LogP contribution in [0.1, 0.15) is 50.5 Å². The number of piperidine rings is 1. The van der Waals surface area contributed by atoms with E-state index in [4.69, 9.17) is 0 Å². The maximum absolute atomic E-state index is 13.3. The Morgan fingerprint density at radius 2 is 1.92 bits per heavy atom. The summed E-state index contributed by atoms with van der Waals surface area (Å²) >= 11 is 0. The number of nitrogens with one attached hydrogen (secondary N) is 2. The fourth-order valence-electron chi connectivity index (χ4n) is 6.89. The summed E-state index contributed by atoms with van der Waals surface area (Å²) in [6.45, 7) is 3.10. The first-order valence-electron chi connectivity index (χ1n) is 10.2. The fraction of sp³-hybridized carbons (Fsp3) is 0.682. The molecule has 0 radical (unpaired) electrons. The van der Waals surface area contributed by atoms with Crippen LogP contribution in [0.3, 0.4) is 0 Å². The first kappa shape index (κ1) is 15.9. The number of hydrogen-bond donors (Lipinski definition) is 2. The molecule has 1 amide bonds. The van der Waals surface area contributed by atoms with E-state index in [-0.39, 0.29) is 10.8 Å². The summed E-state index contributed by atoms with van der Waals surface area (Å²) in [5.41, 5.74) is 1.70. The lowest BCUT2D eigenvalue weighted by molar-refractivity contribution is -0.133. The van der Waals surface area contributed by atoms with Crippen LogP contribution >= 0.6 is 0 Å². The van der Waals surface area contributed by atoms with Gasteiger partial charge in [0.2, 0.25) is 5.91 Å². The summed E-state index contributed by atoms with van der Waals surface area (Å²) in [5, 5.41) is 6.81. The van der Waals surface area contributed by atoms with Gasteiger partial charge < -0.3 is 10.6 Å². The first-order valence-corrected chi connectivity index (χ1v) is 10.2. The molecule has 0 aromatic heterocycles. The second kappa shape index (κ2) is 5.84. The molecule has 2 N–H and O–H groups in total. The van der Waals surface area contributed by atoms with E-state index in [0.29, 0.717) is 17.7 Å². The minimum absolute atomic E-state index is 0.0638. The van der Waals surface area contributed by atoms with E-state index in [2.05, 4.69) is 41.0 Å². The van der Waals surface area contributed by atoms with Crippen molar-refractivity contribution in [2.75, 3.05) is 19.6 Å². The SMILES string of the molecule is O=C(NCC1CCNCC1)C12CC3CC1CC(c1ccccc1)(C3)C2. The molecule has 3 heteroatoms. The molecular weight excluding hydrogens is 308 g/mol. The number of benzene rings is 1. The molecule has 1 heterocycles. The average Bonchev–Trinajstić information content (AvgIpc) is 3.05. The number of carbonyl (C=O) groups excluding carboxylic acids is 1. The molecule has 1 saturated heterocycles. The van der Waals surface area contributed by atoms with Crippen LogP contribution in [-0.2, 0) is 10.2 Å². The van der Waals surface area contributed by atoms with Gasteiger partial charge in [0.15, 0.2) is 0 Å². The highest BCUT2D eigenvalue weighted by molar-refractivity contribution is 5.84. The Bertz CT molecular complexity index is 653. The minimum atomic E-state index is -0.0638. The summed E-state index contributed by atoms with van der Waals surface area (Å²) < 4.78 is 0. The predicted octanol–water partition coefficient (Wildman–Crippen LogP) is 3.25. The summed E-state index contributed by atoms with van der Waals surface area (Å²) in [6.07, 6.45) is 8.45. The molecule has 1 aliphatic heterocycles. The highest BCUT2D eigenvalue weighted by Gasteiger charge is 2.67. The third-order valence-corrected chi connectivity index (χ3v) is 7.87. The zero-order chi connectivity index (χ0) is 16.9. The van der Waals surface area contributed by atoms with Crippen LogP contribution < -0.4 is 10.6 Å². The van der Waals surface area contributed by atoms with Crippen LogP contribution in [-0.4, -0.2) is 25.5 Å². The Labute approximate surface area is 151 Å². The molecule has 1 aromatic rings. The Morgan fingerprint density at radius 3 is 2.72 bits per heavy atom. The molecule has 4 unspecified atom stereocenters. The van der Waals surface area contributed by atoms with Crippen molar-refractivity contribution in [3.63, 3.8) is 0 Å². The third kappa shape index (κ3) is 2.46. The van der Waals surface area contributed by atoms with Gasteiger partial charge in [0.1, 0.15) is 0 Å². The van der Waals surface area contributed by atoms with E-state index in [0.717, 1.165) is 38.4 Å². The Kier molecular flexibility index (Phi) is 3.70. The van der Waals surface area contributed by atoms with E-state index >= 15 is 0 Å². The predicted molar refractivity (Wildman–Crippen MR) is 99.2 cm³/mol. The molecule has 4 atom stereocenters. The highest BCUT2D eigenvalue weighted by atomic mass is 16.2. The molecule has 25 heavy (non-hydrogen) atoms. The fourth-order valence-corrected chi connectivity index (χ4v) is 6.89. The lowest BCUT2D eigenvalue weighted by Gasteiger charge is -2.41. The van der Waals surface area contributed by atoms with E-state index in [9.17, 15) is 4.79 Å². The van der Waals surface area contributed by atoms with Crippen molar-refractivity contribution in [3.05, 3.63) is 35.9 Å². The van der Waals surface area contributed by atoms with Crippen LogP contribution in [0.25, 0.3) is 0 Å². The van der Waals surface area contributed by atoms with Gasteiger partial charge in [-0.25, -0.2) is 0 Å². The summed E-state index contributed by atoms with van der Waals surface area (Å²) in [6, 6.07) is 11.0. The number of hydrogen-bond acceptors (Lipinski definition) is 2. The Hall–Kier alpha value is -1.35. The zero-order valence-corrected chi connectivity index (χ0v) is 15.1. The summed E-state index contributed by atoms with van der Waals surface area (Å²) in [7, 11) is 0. The lowest BCUT2D eigenvalue weighted by atomic mass is 9.63. The van der Waals surface area contributed by atoms with Crippen LogP contribution in [0.2, 0.25) is 0 Å². The Balaban J connectivity index is 1.34.